The first-order valence-corrected chi connectivity index (χ1v) is 16.6. The summed E-state index contributed by atoms with van der Waals surface area (Å²) in [6, 6.07) is 11.0. The molecule has 1 rings (SSSR count). The number of benzene rings is 1. The highest BCUT2D eigenvalue weighted by molar-refractivity contribution is 6.93. The quantitative estimate of drug-likeness (QED) is 0.322. The van der Waals surface area contributed by atoms with Crippen molar-refractivity contribution < 1.29 is 17.1 Å². The lowest BCUT2D eigenvalue weighted by molar-refractivity contribution is 0.227. The minimum Gasteiger partial charge on any atom is -0.412 e. The molecule has 150 valence electrons. The van der Waals surface area contributed by atoms with E-state index in [0.717, 1.165) is 17.7 Å². The molecule has 0 fully saturated rings. The summed E-state index contributed by atoms with van der Waals surface area (Å²) in [5.41, 5.74) is 1.80. The van der Waals surface area contributed by atoms with E-state index in [-0.39, 0.29) is 0 Å². The van der Waals surface area contributed by atoms with Crippen LogP contribution in [0, 0.1) is 0 Å². The molecule has 0 radical (unpaired) electrons. The summed E-state index contributed by atoms with van der Waals surface area (Å²) < 4.78 is 25.6. The Morgan fingerprint density at radius 2 is 1.48 bits per heavy atom. The van der Waals surface area contributed by atoms with Gasteiger partial charge in [0, 0.05) is 0 Å². The minimum absolute atomic E-state index is 0.421. The van der Waals surface area contributed by atoms with Gasteiger partial charge in [0.25, 0.3) is 0 Å². The smallest absolute Gasteiger partial charge is 0.352 e. The van der Waals surface area contributed by atoms with Gasteiger partial charge >= 0.3 is 25.7 Å². The SMILES string of the molecule is C=CCO[Si](C)(C=C)O[Si](C)(O[Si](C)(CCC)OCC=C)c1ccccc1. The van der Waals surface area contributed by atoms with E-state index < -0.39 is 25.7 Å². The van der Waals surface area contributed by atoms with Gasteiger partial charge in [0.05, 0.1) is 13.2 Å². The molecule has 0 bridgehead atoms. The van der Waals surface area contributed by atoms with Crippen molar-refractivity contribution in [3.05, 3.63) is 67.9 Å². The normalized spacial score (nSPS) is 17.9. The number of rotatable bonds is 14. The molecule has 3 unspecified atom stereocenters. The highest BCUT2D eigenvalue weighted by Gasteiger charge is 2.48. The van der Waals surface area contributed by atoms with Crippen LogP contribution in [0.5, 0.6) is 0 Å². The first-order valence-electron chi connectivity index (χ1n) is 9.35. The highest BCUT2D eigenvalue weighted by atomic mass is 28.5. The third kappa shape index (κ3) is 7.46. The molecule has 0 aromatic heterocycles. The number of hydrogen-bond acceptors (Lipinski definition) is 4. The molecule has 0 spiro atoms. The fraction of sp³-hybridized carbons (Fsp3) is 0.400. The van der Waals surface area contributed by atoms with Crippen LogP contribution < -0.4 is 5.19 Å². The molecule has 0 N–H and O–H groups in total. The molecule has 4 nitrogen and oxygen atoms in total. The van der Waals surface area contributed by atoms with Gasteiger partial charge in [-0.1, -0.05) is 61.5 Å². The Kier molecular flexibility index (Phi) is 9.82. The van der Waals surface area contributed by atoms with E-state index in [4.69, 9.17) is 17.1 Å². The first-order chi connectivity index (χ1) is 12.8. The summed E-state index contributed by atoms with van der Waals surface area (Å²) in [5, 5.41) is 1.06. The predicted molar refractivity (Wildman–Crippen MR) is 121 cm³/mol. The van der Waals surface area contributed by atoms with Crippen molar-refractivity contribution in [2.45, 2.75) is 39.0 Å². The molecule has 0 amide bonds. The summed E-state index contributed by atoms with van der Waals surface area (Å²) in [5.74, 6) is 0. The zero-order valence-electron chi connectivity index (χ0n) is 17.2. The molecule has 1 aromatic carbocycles. The molecule has 0 aliphatic carbocycles. The molecular formula is C20H34O4Si3. The Morgan fingerprint density at radius 1 is 0.889 bits per heavy atom. The van der Waals surface area contributed by atoms with Crippen molar-refractivity contribution in [2.24, 2.45) is 0 Å². The van der Waals surface area contributed by atoms with Crippen LogP contribution in [-0.2, 0) is 17.1 Å². The van der Waals surface area contributed by atoms with Crippen molar-refractivity contribution in [1.82, 2.24) is 0 Å². The zero-order chi connectivity index (χ0) is 20.4. The third-order valence-electron chi connectivity index (χ3n) is 4.18. The van der Waals surface area contributed by atoms with Crippen molar-refractivity contribution in [3.8, 4) is 0 Å². The average Bonchev–Trinajstić information content (AvgIpc) is 2.65. The second-order valence-corrected chi connectivity index (χ2v) is 16.7. The van der Waals surface area contributed by atoms with Gasteiger partial charge in [0.15, 0.2) is 0 Å². The summed E-state index contributed by atoms with van der Waals surface area (Å²) >= 11 is 0. The average molecular weight is 423 g/mol. The Bertz CT molecular complexity index is 613. The van der Waals surface area contributed by atoms with Crippen LogP contribution >= 0.6 is 0 Å². The lowest BCUT2D eigenvalue weighted by Gasteiger charge is -2.40. The zero-order valence-corrected chi connectivity index (χ0v) is 20.2. The molecule has 3 atom stereocenters. The molecule has 0 saturated carbocycles. The maximum Gasteiger partial charge on any atom is 0.352 e. The molecule has 0 aliphatic rings. The van der Waals surface area contributed by atoms with Gasteiger partial charge in [-0.2, -0.15) is 0 Å². The van der Waals surface area contributed by atoms with Crippen molar-refractivity contribution in [3.63, 3.8) is 0 Å². The summed E-state index contributed by atoms with van der Waals surface area (Å²) in [6.45, 7) is 20.7. The second kappa shape index (κ2) is 11.1. The van der Waals surface area contributed by atoms with Crippen LogP contribution in [0.4, 0.5) is 0 Å². The molecule has 0 saturated heterocycles. The van der Waals surface area contributed by atoms with Gasteiger partial charge in [0.1, 0.15) is 0 Å². The van der Waals surface area contributed by atoms with Gasteiger partial charge in [0.2, 0.25) is 0 Å². The predicted octanol–water partition coefficient (Wildman–Crippen LogP) is 4.68. The van der Waals surface area contributed by atoms with E-state index in [2.05, 4.69) is 51.9 Å². The van der Waals surface area contributed by atoms with Crippen LogP contribution in [0.25, 0.3) is 0 Å². The number of hydrogen-bond donors (Lipinski definition) is 0. The maximum absolute atomic E-state index is 6.80. The lowest BCUT2D eigenvalue weighted by Crippen LogP contribution is -2.63. The van der Waals surface area contributed by atoms with Crippen molar-refractivity contribution in [2.75, 3.05) is 13.2 Å². The third-order valence-corrected chi connectivity index (χ3v) is 15.7. The molecule has 0 heterocycles. The molecule has 27 heavy (non-hydrogen) atoms. The monoisotopic (exact) mass is 422 g/mol. The fourth-order valence-electron chi connectivity index (χ4n) is 2.87. The fourth-order valence-corrected chi connectivity index (χ4v) is 14.8. The van der Waals surface area contributed by atoms with E-state index in [0.29, 0.717) is 13.2 Å². The second-order valence-electron chi connectivity index (χ2n) is 6.82. The maximum atomic E-state index is 6.80. The first kappa shape index (κ1) is 24.0. The van der Waals surface area contributed by atoms with Crippen molar-refractivity contribution in [1.29, 1.82) is 0 Å². The summed E-state index contributed by atoms with van der Waals surface area (Å²) in [7, 11) is -7.92. The molecule has 7 heteroatoms. The Labute approximate surface area is 168 Å². The van der Waals surface area contributed by atoms with Gasteiger partial charge in [-0.3, -0.25) is 0 Å². The van der Waals surface area contributed by atoms with Crippen LogP contribution in [-0.4, -0.2) is 38.9 Å². The van der Waals surface area contributed by atoms with E-state index >= 15 is 0 Å². The summed E-state index contributed by atoms with van der Waals surface area (Å²) in [6.07, 6.45) is 4.48. The Balaban J connectivity index is 3.27. The van der Waals surface area contributed by atoms with Gasteiger partial charge in [-0.05, 0) is 30.9 Å². The van der Waals surface area contributed by atoms with Crippen molar-refractivity contribution >= 4 is 30.9 Å². The highest BCUT2D eigenvalue weighted by Crippen LogP contribution is 2.26. The Hall–Kier alpha value is -1.07. The van der Waals surface area contributed by atoms with Gasteiger partial charge < -0.3 is 17.1 Å². The van der Waals surface area contributed by atoms with E-state index in [1.807, 2.05) is 24.7 Å². The van der Waals surface area contributed by atoms with Crippen LogP contribution in [0.1, 0.15) is 13.3 Å². The van der Waals surface area contributed by atoms with E-state index in [9.17, 15) is 0 Å². The van der Waals surface area contributed by atoms with Gasteiger partial charge in [-0.15, -0.1) is 19.7 Å². The molecule has 1 aromatic rings. The minimum atomic E-state index is -2.82. The van der Waals surface area contributed by atoms with Crippen LogP contribution in [0.2, 0.25) is 25.7 Å². The Morgan fingerprint density at radius 3 is 2.00 bits per heavy atom. The van der Waals surface area contributed by atoms with E-state index in [1.165, 1.54) is 0 Å². The topological polar surface area (TPSA) is 36.9 Å². The van der Waals surface area contributed by atoms with Gasteiger partial charge in [-0.25, -0.2) is 0 Å². The molecule has 0 aliphatic heterocycles. The standard InChI is InChI=1S/C20H34O4Si3/c1-8-17-21-25(5,11-4)23-27(7,20-15-13-12-14-16-20)24-26(6,19-10-3)22-18-9-2/h8-9,11-16H,1-2,4,10,17-19H2,3,5-7H3. The van der Waals surface area contributed by atoms with Crippen LogP contribution in [0.15, 0.2) is 67.9 Å². The molecular weight excluding hydrogens is 388 g/mol. The van der Waals surface area contributed by atoms with Crippen LogP contribution in [0.3, 0.4) is 0 Å². The lowest BCUT2D eigenvalue weighted by atomic mass is 10.4. The largest absolute Gasteiger partial charge is 0.412 e. The van der Waals surface area contributed by atoms with E-state index in [1.54, 1.807) is 17.9 Å². The summed E-state index contributed by atoms with van der Waals surface area (Å²) in [4.78, 5) is 0.